The molecule has 0 saturated heterocycles. The average molecular weight is 385 g/mol. The summed E-state index contributed by atoms with van der Waals surface area (Å²) in [6.07, 6.45) is 0. The van der Waals surface area contributed by atoms with Crippen LogP contribution in [-0.2, 0) is 0 Å². The molecule has 0 atom stereocenters. The molecule has 0 aliphatic heterocycles. The highest BCUT2D eigenvalue weighted by Crippen LogP contribution is 2.46. The molecule has 1 nitrogen and oxygen atoms in total. The van der Waals surface area contributed by atoms with Crippen LogP contribution in [0.25, 0.3) is 41.1 Å². The maximum Gasteiger partial charge on any atom is 0.0456 e. The fourth-order valence-electron chi connectivity index (χ4n) is 3.51. The van der Waals surface area contributed by atoms with Crippen molar-refractivity contribution in [3.8, 4) is 20.9 Å². The van der Waals surface area contributed by atoms with Crippen molar-refractivity contribution in [3.05, 3.63) is 78.9 Å². The number of nitrogens with zero attached hydrogens (tertiary/aromatic N) is 1. The van der Waals surface area contributed by atoms with Crippen molar-refractivity contribution in [1.29, 1.82) is 0 Å². The Balaban J connectivity index is 1.80. The molecule has 2 heterocycles. The number of rotatable bonds is 3. The van der Waals surface area contributed by atoms with Crippen LogP contribution < -0.4 is 4.90 Å². The van der Waals surface area contributed by atoms with Crippen LogP contribution in [0.5, 0.6) is 0 Å². The van der Waals surface area contributed by atoms with Gasteiger partial charge in [-0.3, -0.25) is 0 Å². The van der Waals surface area contributed by atoms with Gasteiger partial charge in [0, 0.05) is 50.1 Å². The van der Waals surface area contributed by atoms with Crippen molar-refractivity contribution in [2.75, 3.05) is 19.0 Å². The fourth-order valence-corrected chi connectivity index (χ4v) is 5.71. The lowest BCUT2D eigenvalue weighted by atomic mass is 10.0. The van der Waals surface area contributed by atoms with E-state index in [1.54, 1.807) is 0 Å². The number of anilines is 1. The van der Waals surface area contributed by atoms with Gasteiger partial charge in [-0.25, -0.2) is 0 Å². The molecule has 0 bridgehead atoms. The van der Waals surface area contributed by atoms with Crippen molar-refractivity contribution in [1.82, 2.24) is 0 Å². The van der Waals surface area contributed by atoms with Crippen molar-refractivity contribution in [2.24, 2.45) is 0 Å². The maximum atomic E-state index is 3.54. The quantitative estimate of drug-likeness (QED) is 0.315. The topological polar surface area (TPSA) is 3.24 Å². The number of hydrogen-bond donors (Lipinski definition) is 0. The largest absolute Gasteiger partial charge is 0.377 e. The molecule has 27 heavy (non-hydrogen) atoms. The molecule has 131 valence electrons. The molecule has 1 radical (unpaired) electrons. The average Bonchev–Trinajstić information content (AvgIpc) is 3.31. The third kappa shape index (κ3) is 2.84. The van der Waals surface area contributed by atoms with Crippen molar-refractivity contribution < 1.29 is 0 Å². The van der Waals surface area contributed by atoms with Gasteiger partial charge in [0.25, 0.3) is 0 Å². The fraction of sp³-hybridized carbons (Fsp3) is 0.0833. The molecule has 0 aliphatic carbocycles. The first kappa shape index (κ1) is 16.5. The lowest BCUT2D eigenvalue weighted by Crippen LogP contribution is -2.10. The van der Waals surface area contributed by atoms with E-state index in [0.29, 0.717) is 0 Å². The highest BCUT2D eigenvalue weighted by Gasteiger charge is 2.18. The Morgan fingerprint density at radius 1 is 0.741 bits per heavy atom. The van der Waals surface area contributed by atoms with Gasteiger partial charge in [0.1, 0.15) is 0 Å². The Morgan fingerprint density at radius 3 is 1.96 bits per heavy atom. The first-order chi connectivity index (χ1) is 13.2. The van der Waals surface area contributed by atoms with E-state index < -0.39 is 0 Å². The molecule has 0 amide bonds. The zero-order valence-corrected chi connectivity index (χ0v) is 16.8. The molecule has 0 N–H and O–H groups in total. The lowest BCUT2D eigenvalue weighted by Gasteiger charge is -2.19. The van der Waals surface area contributed by atoms with E-state index in [1.165, 1.54) is 46.7 Å². The summed E-state index contributed by atoms with van der Waals surface area (Å²) >= 11 is 3.70. The van der Waals surface area contributed by atoms with Crippen LogP contribution in [-0.4, -0.2) is 14.1 Å². The predicted octanol–water partition coefficient (Wildman–Crippen LogP) is 7.32. The summed E-state index contributed by atoms with van der Waals surface area (Å²) in [5.74, 6) is 0. The minimum Gasteiger partial charge on any atom is -0.377 e. The number of fused-ring (bicyclic) bond motifs is 2. The highest BCUT2D eigenvalue weighted by atomic mass is 32.1. The van der Waals surface area contributed by atoms with E-state index in [1.807, 2.05) is 28.7 Å². The molecule has 0 spiro atoms. The third-order valence-electron chi connectivity index (χ3n) is 4.80. The molecule has 3 heteroatoms. The van der Waals surface area contributed by atoms with Gasteiger partial charge in [0.15, 0.2) is 0 Å². The van der Waals surface area contributed by atoms with Gasteiger partial charge >= 0.3 is 0 Å². The summed E-state index contributed by atoms with van der Waals surface area (Å²) in [5.41, 5.74) is 3.69. The molecule has 5 aromatic rings. The second-order valence-electron chi connectivity index (χ2n) is 6.80. The van der Waals surface area contributed by atoms with Crippen molar-refractivity contribution in [2.45, 2.75) is 0 Å². The number of benzene rings is 3. The second-order valence-corrected chi connectivity index (χ2v) is 8.97. The van der Waals surface area contributed by atoms with Crippen LogP contribution in [0, 0.1) is 6.07 Å². The van der Waals surface area contributed by atoms with Crippen LogP contribution in [0.3, 0.4) is 0 Å². The summed E-state index contributed by atoms with van der Waals surface area (Å²) in [7, 11) is 4.22. The van der Waals surface area contributed by atoms with Gasteiger partial charge in [0.2, 0.25) is 0 Å². The van der Waals surface area contributed by atoms with Crippen molar-refractivity contribution >= 4 is 48.5 Å². The minimum atomic E-state index is 1.19. The highest BCUT2D eigenvalue weighted by molar-refractivity contribution is 7.23. The zero-order valence-electron chi connectivity index (χ0n) is 15.2. The summed E-state index contributed by atoms with van der Waals surface area (Å²) < 4.78 is 2.64. The monoisotopic (exact) mass is 384 g/mol. The van der Waals surface area contributed by atoms with E-state index in [9.17, 15) is 0 Å². The predicted molar refractivity (Wildman–Crippen MR) is 121 cm³/mol. The number of thiophene rings is 2. The van der Waals surface area contributed by atoms with Crippen molar-refractivity contribution in [3.63, 3.8) is 0 Å². The Morgan fingerprint density at radius 2 is 1.33 bits per heavy atom. The lowest BCUT2D eigenvalue weighted by molar-refractivity contribution is 1.13. The van der Waals surface area contributed by atoms with Crippen LogP contribution in [0.2, 0.25) is 0 Å². The minimum absolute atomic E-state index is 1.19. The summed E-state index contributed by atoms with van der Waals surface area (Å²) in [6, 6.07) is 29.6. The van der Waals surface area contributed by atoms with Crippen LogP contribution in [0.15, 0.2) is 72.8 Å². The van der Waals surface area contributed by atoms with Crippen LogP contribution >= 0.6 is 22.7 Å². The van der Waals surface area contributed by atoms with Crippen LogP contribution in [0.4, 0.5) is 5.69 Å². The summed E-state index contributed by atoms with van der Waals surface area (Å²) in [6.45, 7) is 0. The smallest absolute Gasteiger partial charge is 0.0456 e. The normalized spacial score (nSPS) is 11.3. The summed E-state index contributed by atoms with van der Waals surface area (Å²) in [4.78, 5) is 4.77. The third-order valence-corrected chi connectivity index (χ3v) is 7.07. The van der Waals surface area contributed by atoms with E-state index >= 15 is 0 Å². The van der Waals surface area contributed by atoms with Crippen LogP contribution in [0.1, 0.15) is 0 Å². The van der Waals surface area contributed by atoms with Gasteiger partial charge in [-0.2, -0.15) is 0 Å². The number of hydrogen-bond acceptors (Lipinski definition) is 3. The Labute approximate surface area is 167 Å². The second kappa shape index (κ2) is 6.52. The molecule has 2 aromatic heterocycles. The van der Waals surface area contributed by atoms with Gasteiger partial charge in [0.05, 0.1) is 0 Å². The molecule has 0 saturated carbocycles. The van der Waals surface area contributed by atoms with E-state index in [0.717, 1.165) is 0 Å². The standard InChI is InChI=1S/C24H18NS2/c1-25(2)19-11-7-10-18(22-14-16-8-3-5-12-20(16)26-22)24(19)23-15-17-9-4-6-13-21(17)27-23/h3-9,11-15H,1-2H3. The van der Waals surface area contributed by atoms with E-state index in [-0.39, 0.29) is 0 Å². The first-order valence-electron chi connectivity index (χ1n) is 8.90. The first-order valence-corrected chi connectivity index (χ1v) is 10.5. The van der Waals surface area contributed by atoms with Gasteiger partial charge < -0.3 is 4.90 Å². The molecule has 0 fully saturated rings. The molecule has 3 aromatic carbocycles. The maximum absolute atomic E-state index is 3.54. The molecule has 5 rings (SSSR count). The Bertz CT molecular complexity index is 1190. The molecular formula is C24H18NS2. The zero-order chi connectivity index (χ0) is 18.4. The summed E-state index contributed by atoms with van der Waals surface area (Å²) in [5, 5.41) is 2.59. The van der Waals surface area contributed by atoms with E-state index in [2.05, 4.69) is 91.8 Å². The SMILES string of the molecule is CN(C)c1cc[c]c(-c2cc3ccccc3s2)c1-c1cc2ccccc2s1. The van der Waals surface area contributed by atoms with Gasteiger partial charge in [-0.1, -0.05) is 42.5 Å². The van der Waals surface area contributed by atoms with Gasteiger partial charge in [-0.15, -0.1) is 22.7 Å². The molecule has 0 unspecified atom stereocenters. The Kier molecular flexibility index (Phi) is 4.00. The van der Waals surface area contributed by atoms with Gasteiger partial charge in [-0.05, 0) is 47.2 Å². The molecular weight excluding hydrogens is 366 g/mol. The molecule has 0 aliphatic rings. The Hall–Kier alpha value is -2.62. The van der Waals surface area contributed by atoms with E-state index in [4.69, 9.17) is 0 Å².